The molecule has 23 heavy (non-hydrogen) atoms. The Hall–Kier alpha value is -2.21. The number of benzene rings is 1. The van der Waals surface area contributed by atoms with E-state index in [-0.39, 0.29) is 0 Å². The maximum absolute atomic E-state index is 10.8. The molecule has 1 unspecified atom stereocenters. The second-order valence-electron chi connectivity index (χ2n) is 5.19. The first-order chi connectivity index (χ1) is 11.2. The molecule has 0 spiro atoms. The second-order valence-corrected chi connectivity index (χ2v) is 5.19. The summed E-state index contributed by atoms with van der Waals surface area (Å²) in [6, 6.07) is 5.33. The van der Waals surface area contributed by atoms with Crippen LogP contribution in [0.4, 0.5) is 0 Å². The molecule has 1 aromatic heterocycles. The van der Waals surface area contributed by atoms with Crippen LogP contribution in [0.25, 0.3) is 0 Å². The molecule has 0 saturated heterocycles. The van der Waals surface area contributed by atoms with Gasteiger partial charge in [-0.25, -0.2) is 0 Å². The van der Waals surface area contributed by atoms with Gasteiger partial charge in [-0.05, 0) is 30.2 Å². The Morgan fingerprint density at radius 3 is 2.30 bits per heavy atom. The van der Waals surface area contributed by atoms with Crippen molar-refractivity contribution in [2.75, 3.05) is 21.3 Å². The average molecular weight is 320 g/mol. The van der Waals surface area contributed by atoms with Gasteiger partial charge in [0.05, 0.1) is 27.0 Å². The molecule has 0 saturated carbocycles. The van der Waals surface area contributed by atoms with Crippen molar-refractivity contribution in [3.63, 3.8) is 0 Å². The van der Waals surface area contributed by atoms with E-state index in [1.807, 2.05) is 10.7 Å². The minimum atomic E-state index is -0.817. The van der Waals surface area contributed by atoms with Crippen LogP contribution in [0.2, 0.25) is 0 Å². The summed E-state index contributed by atoms with van der Waals surface area (Å²) in [6.07, 6.45) is 2.96. The van der Waals surface area contributed by atoms with Crippen LogP contribution in [0.15, 0.2) is 24.4 Å². The third kappa shape index (κ3) is 3.59. The number of aryl methyl sites for hydroxylation is 1. The summed E-state index contributed by atoms with van der Waals surface area (Å²) in [5.41, 5.74) is 1.41. The van der Waals surface area contributed by atoms with Crippen molar-refractivity contribution in [3.8, 4) is 17.2 Å². The number of aliphatic hydroxyl groups excluding tert-OH is 1. The van der Waals surface area contributed by atoms with Gasteiger partial charge in [0.25, 0.3) is 0 Å². The summed E-state index contributed by atoms with van der Waals surface area (Å²) in [5, 5.41) is 15.0. The highest BCUT2D eigenvalue weighted by molar-refractivity contribution is 5.54. The highest BCUT2D eigenvalue weighted by Crippen LogP contribution is 2.40. The van der Waals surface area contributed by atoms with Gasteiger partial charge in [0.15, 0.2) is 11.5 Å². The zero-order valence-corrected chi connectivity index (χ0v) is 14.1. The average Bonchev–Trinajstić information content (AvgIpc) is 3.06. The van der Waals surface area contributed by atoms with Gasteiger partial charge in [-0.1, -0.05) is 13.3 Å². The molecule has 0 aliphatic heterocycles. The first-order valence-electron chi connectivity index (χ1n) is 7.65. The van der Waals surface area contributed by atoms with Crippen LogP contribution in [0, 0.1) is 0 Å². The van der Waals surface area contributed by atoms with E-state index in [9.17, 15) is 5.11 Å². The Morgan fingerprint density at radius 2 is 1.78 bits per heavy atom. The largest absolute Gasteiger partial charge is 0.493 e. The molecular formula is C17H24N2O4. The molecule has 126 valence electrons. The standard InChI is InChI=1S/C17H24N2O4/c1-5-6-9-19-13(7-8-18-19)16(20)12-10-14(21-2)17(23-4)15(11-12)22-3/h7-8,10-11,16,20H,5-6,9H2,1-4H3. The van der Waals surface area contributed by atoms with Crippen LogP contribution < -0.4 is 14.2 Å². The quantitative estimate of drug-likeness (QED) is 0.810. The lowest BCUT2D eigenvalue weighted by Gasteiger charge is -2.18. The van der Waals surface area contributed by atoms with E-state index in [2.05, 4.69) is 12.0 Å². The topological polar surface area (TPSA) is 65.7 Å². The van der Waals surface area contributed by atoms with E-state index in [0.717, 1.165) is 25.1 Å². The highest BCUT2D eigenvalue weighted by atomic mass is 16.5. The number of nitrogens with zero attached hydrogens (tertiary/aromatic N) is 2. The number of hydrogen-bond donors (Lipinski definition) is 1. The fraction of sp³-hybridized carbons (Fsp3) is 0.471. The number of ether oxygens (including phenoxy) is 3. The molecule has 0 aliphatic rings. The van der Waals surface area contributed by atoms with Crippen molar-refractivity contribution in [1.29, 1.82) is 0 Å². The summed E-state index contributed by atoms with van der Waals surface area (Å²) in [5.74, 6) is 1.53. The fourth-order valence-electron chi connectivity index (χ4n) is 2.50. The van der Waals surface area contributed by atoms with Gasteiger partial charge in [-0.2, -0.15) is 5.10 Å². The number of rotatable bonds is 8. The Labute approximate surface area is 136 Å². The second kappa shape index (κ2) is 7.87. The Balaban J connectivity index is 2.39. The van der Waals surface area contributed by atoms with Gasteiger partial charge in [0.2, 0.25) is 5.75 Å². The van der Waals surface area contributed by atoms with Crippen molar-refractivity contribution in [2.45, 2.75) is 32.4 Å². The lowest BCUT2D eigenvalue weighted by Crippen LogP contribution is -2.11. The van der Waals surface area contributed by atoms with Crippen LogP contribution in [0.5, 0.6) is 17.2 Å². The maximum atomic E-state index is 10.8. The van der Waals surface area contributed by atoms with E-state index in [0.29, 0.717) is 22.8 Å². The molecular weight excluding hydrogens is 296 g/mol. The summed E-state index contributed by atoms with van der Waals surface area (Å²) >= 11 is 0. The van der Waals surface area contributed by atoms with Crippen LogP contribution in [-0.2, 0) is 6.54 Å². The lowest BCUT2D eigenvalue weighted by molar-refractivity contribution is 0.205. The zero-order chi connectivity index (χ0) is 16.8. The third-order valence-corrected chi connectivity index (χ3v) is 3.76. The number of aliphatic hydroxyl groups is 1. The molecule has 6 heteroatoms. The Kier molecular flexibility index (Phi) is 5.87. The summed E-state index contributed by atoms with van der Waals surface area (Å²) in [7, 11) is 4.66. The monoisotopic (exact) mass is 320 g/mol. The molecule has 0 fully saturated rings. The minimum absolute atomic E-state index is 0.505. The molecule has 0 amide bonds. The molecule has 2 aromatic rings. The molecule has 0 aliphatic carbocycles. The number of methoxy groups -OCH3 is 3. The molecule has 1 heterocycles. The van der Waals surface area contributed by atoms with Gasteiger partial charge < -0.3 is 19.3 Å². The van der Waals surface area contributed by atoms with Crippen molar-refractivity contribution in [2.24, 2.45) is 0 Å². The first kappa shape index (κ1) is 17.1. The number of unbranched alkanes of at least 4 members (excludes halogenated alkanes) is 1. The van der Waals surface area contributed by atoms with E-state index in [1.165, 1.54) is 0 Å². The van der Waals surface area contributed by atoms with Crippen molar-refractivity contribution < 1.29 is 19.3 Å². The normalized spacial score (nSPS) is 12.0. The van der Waals surface area contributed by atoms with Crippen LogP contribution in [-0.4, -0.2) is 36.2 Å². The summed E-state index contributed by atoms with van der Waals surface area (Å²) in [6.45, 7) is 2.90. The third-order valence-electron chi connectivity index (χ3n) is 3.76. The van der Waals surface area contributed by atoms with E-state index in [1.54, 1.807) is 39.7 Å². The zero-order valence-electron chi connectivity index (χ0n) is 14.1. The fourth-order valence-corrected chi connectivity index (χ4v) is 2.50. The SMILES string of the molecule is CCCCn1nccc1C(O)c1cc(OC)c(OC)c(OC)c1. The number of aromatic nitrogens is 2. The maximum Gasteiger partial charge on any atom is 0.203 e. The predicted octanol–water partition coefficient (Wildman–Crippen LogP) is 2.79. The van der Waals surface area contributed by atoms with Crippen LogP contribution in [0.3, 0.4) is 0 Å². The van der Waals surface area contributed by atoms with Crippen LogP contribution >= 0.6 is 0 Å². The van der Waals surface area contributed by atoms with E-state index in [4.69, 9.17) is 14.2 Å². The molecule has 1 aromatic carbocycles. The molecule has 6 nitrogen and oxygen atoms in total. The predicted molar refractivity (Wildman–Crippen MR) is 87.3 cm³/mol. The molecule has 2 rings (SSSR count). The summed E-state index contributed by atoms with van der Waals surface area (Å²) < 4.78 is 17.8. The van der Waals surface area contributed by atoms with Crippen LogP contribution in [0.1, 0.15) is 37.1 Å². The van der Waals surface area contributed by atoms with Gasteiger partial charge in [0.1, 0.15) is 6.10 Å². The van der Waals surface area contributed by atoms with Gasteiger partial charge in [-0.15, -0.1) is 0 Å². The molecule has 1 N–H and O–H groups in total. The van der Waals surface area contributed by atoms with Gasteiger partial charge in [-0.3, -0.25) is 4.68 Å². The number of hydrogen-bond acceptors (Lipinski definition) is 5. The van der Waals surface area contributed by atoms with E-state index >= 15 is 0 Å². The van der Waals surface area contributed by atoms with Crippen molar-refractivity contribution in [1.82, 2.24) is 9.78 Å². The van der Waals surface area contributed by atoms with Gasteiger partial charge in [0, 0.05) is 12.7 Å². The smallest absolute Gasteiger partial charge is 0.203 e. The lowest BCUT2D eigenvalue weighted by atomic mass is 10.0. The van der Waals surface area contributed by atoms with E-state index < -0.39 is 6.10 Å². The minimum Gasteiger partial charge on any atom is -0.493 e. The molecule has 1 atom stereocenters. The Morgan fingerprint density at radius 1 is 1.13 bits per heavy atom. The first-order valence-corrected chi connectivity index (χ1v) is 7.65. The molecule has 0 radical (unpaired) electrons. The van der Waals surface area contributed by atoms with Crippen molar-refractivity contribution >= 4 is 0 Å². The Bertz CT molecular complexity index is 614. The molecule has 0 bridgehead atoms. The van der Waals surface area contributed by atoms with Crippen molar-refractivity contribution in [3.05, 3.63) is 35.7 Å². The summed E-state index contributed by atoms with van der Waals surface area (Å²) in [4.78, 5) is 0. The van der Waals surface area contributed by atoms with Gasteiger partial charge >= 0.3 is 0 Å². The highest BCUT2D eigenvalue weighted by Gasteiger charge is 2.20.